The van der Waals surface area contributed by atoms with E-state index >= 15 is 0 Å². The van der Waals surface area contributed by atoms with Gasteiger partial charge in [0.15, 0.2) is 0 Å². The molecule has 0 spiro atoms. The van der Waals surface area contributed by atoms with E-state index in [1.54, 1.807) is 0 Å². The Kier molecular flexibility index (Phi) is 6.46. The van der Waals surface area contributed by atoms with Gasteiger partial charge in [0.2, 0.25) is 0 Å². The van der Waals surface area contributed by atoms with Crippen molar-refractivity contribution in [3.05, 3.63) is 33.1 Å². The Hall–Kier alpha value is -0.726. The molecule has 0 saturated carbocycles. The Morgan fingerprint density at radius 2 is 2.12 bits per heavy atom. The van der Waals surface area contributed by atoms with Crippen LogP contribution in [0.25, 0.3) is 0 Å². The molecule has 0 aliphatic carbocycles. The fourth-order valence-electron chi connectivity index (χ4n) is 1.21. The maximum absolute atomic E-state index is 11.7. The maximum atomic E-state index is 11.7. The molecule has 1 heterocycles. The Labute approximate surface area is 119 Å². The van der Waals surface area contributed by atoms with E-state index in [9.17, 15) is 9.59 Å². The molecule has 0 bridgehead atoms. The molecule has 1 aromatic rings. The number of hydrogen-bond acceptors (Lipinski definition) is 3. The van der Waals surface area contributed by atoms with Gasteiger partial charge in [0.05, 0.1) is 18.0 Å². The second-order valence-electron chi connectivity index (χ2n) is 3.42. The third kappa shape index (κ3) is 3.39. The molecule has 0 aliphatic heterocycles. The number of rotatable bonds is 3. The summed E-state index contributed by atoms with van der Waals surface area (Å²) in [7, 11) is 0. The van der Waals surface area contributed by atoms with Gasteiger partial charge in [-0.3, -0.25) is 4.57 Å². The van der Waals surface area contributed by atoms with Crippen molar-refractivity contribution in [2.24, 2.45) is 0 Å². The largest absolute Gasteiger partial charge is 0.386 e. The van der Waals surface area contributed by atoms with E-state index in [1.165, 1.54) is 10.8 Å². The zero-order valence-corrected chi connectivity index (χ0v) is 12.1. The van der Waals surface area contributed by atoms with E-state index in [4.69, 9.17) is 5.26 Å². The van der Waals surface area contributed by atoms with Crippen molar-refractivity contribution in [3.63, 3.8) is 0 Å². The number of aromatic nitrogens is 2. The van der Waals surface area contributed by atoms with Crippen molar-refractivity contribution in [3.8, 4) is 6.07 Å². The maximum Gasteiger partial charge on any atom is 0.326 e. The molecular weight excluding hydrogens is 283 g/mol. The summed E-state index contributed by atoms with van der Waals surface area (Å²) < 4.78 is 2.45. The van der Waals surface area contributed by atoms with Crippen molar-refractivity contribution in [1.82, 2.24) is 9.13 Å². The van der Waals surface area contributed by atoms with E-state index < -0.39 is 5.56 Å². The number of nitriles is 1. The summed E-state index contributed by atoms with van der Waals surface area (Å²) in [5.74, 6) is 0. The summed E-state index contributed by atoms with van der Waals surface area (Å²) in [6.07, 6.45) is 1.50. The van der Waals surface area contributed by atoms with Crippen LogP contribution in [0.5, 0.6) is 0 Å². The van der Waals surface area contributed by atoms with Crippen LogP contribution in [-0.4, -0.2) is 9.13 Å². The Morgan fingerprint density at radius 3 is 2.62 bits per heavy atom. The van der Waals surface area contributed by atoms with E-state index in [-0.39, 0.29) is 57.4 Å². The molecule has 0 aliphatic rings. The van der Waals surface area contributed by atoms with Gasteiger partial charge in [-0.1, -0.05) is 0 Å². The van der Waals surface area contributed by atoms with Crippen molar-refractivity contribution < 1.29 is 32.7 Å². The molecule has 0 atom stereocenters. The van der Waals surface area contributed by atoms with Crippen LogP contribution in [0.4, 0.5) is 0 Å². The standard InChI is InChI=1S/C10H12N3O2.Y/c1-8(2)12-7-4-9(14)13(10(12)15)6-3-5-11;/h7-8H,3,6H2,1-2H3;/q-1;. The van der Waals surface area contributed by atoms with Crippen molar-refractivity contribution >= 4 is 0 Å². The number of nitrogens with zero attached hydrogens (tertiary/aromatic N) is 3. The summed E-state index contributed by atoms with van der Waals surface area (Å²) in [4.78, 5) is 23.0. The van der Waals surface area contributed by atoms with E-state index in [0.717, 1.165) is 4.57 Å². The SMILES string of the molecule is CC(C)n1c[c-]c(=O)n(CCC#N)c1=O.[Y]. The van der Waals surface area contributed by atoms with Crippen molar-refractivity contribution in [2.45, 2.75) is 32.9 Å². The molecule has 0 fully saturated rings. The Morgan fingerprint density at radius 1 is 1.50 bits per heavy atom. The molecule has 6 heteroatoms. The first-order valence-corrected chi connectivity index (χ1v) is 4.68. The summed E-state index contributed by atoms with van der Waals surface area (Å²) in [6.45, 7) is 3.81. The first-order valence-electron chi connectivity index (χ1n) is 4.68. The van der Waals surface area contributed by atoms with Crippen molar-refractivity contribution in [1.29, 1.82) is 5.26 Å². The van der Waals surface area contributed by atoms with Crippen molar-refractivity contribution in [2.75, 3.05) is 0 Å². The third-order valence-corrected chi connectivity index (χ3v) is 2.03. The smallest absolute Gasteiger partial charge is 0.326 e. The Bertz CT molecular complexity index is 496. The minimum atomic E-state index is -0.479. The quantitative estimate of drug-likeness (QED) is 0.753. The predicted molar refractivity (Wildman–Crippen MR) is 54.4 cm³/mol. The van der Waals surface area contributed by atoms with Crippen LogP contribution in [0.3, 0.4) is 0 Å². The van der Waals surface area contributed by atoms with Gasteiger partial charge in [-0.25, -0.2) is 4.79 Å². The van der Waals surface area contributed by atoms with Gasteiger partial charge in [-0.2, -0.15) is 11.5 Å². The van der Waals surface area contributed by atoms with Gasteiger partial charge in [0.1, 0.15) is 0 Å². The molecule has 1 radical (unpaired) electrons. The second-order valence-corrected chi connectivity index (χ2v) is 3.42. The van der Waals surface area contributed by atoms with E-state index in [2.05, 4.69) is 6.07 Å². The number of hydrogen-bond donors (Lipinski definition) is 0. The minimum Gasteiger partial charge on any atom is -0.386 e. The molecule has 5 nitrogen and oxygen atoms in total. The van der Waals surface area contributed by atoms with Crippen LogP contribution in [0.15, 0.2) is 15.8 Å². The van der Waals surface area contributed by atoms with Crippen LogP contribution in [0.2, 0.25) is 0 Å². The topological polar surface area (TPSA) is 67.8 Å². The molecule has 1 rings (SSSR count). The molecular formula is C10H12N3O2Y-. The third-order valence-electron chi connectivity index (χ3n) is 2.03. The molecule has 0 amide bonds. The summed E-state index contributed by atoms with van der Waals surface area (Å²) in [6, 6.07) is 4.33. The van der Waals surface area contributed by atoms with Gasteiger partial charge in [-0.05, 0) is 13.8 Å². The first kappa shape index (κ1) is 15.3. The monoisotopic (exact) mass is 295 g/mol. The summed E-state index contributed by atoms with van der Waals surface area (Å²) >= 11 is 0. The van der Waals surface area contributed by atoms with E-state index in [0.29, 0.717) is 0 Å². The average Bonchev–Trinajstić information content (AvgIpc) is 2.17. The predicted octanol–water partition coefficient (Wildman–Crippen LogP) is 0.302. The minimum absolute atomic E-state index is 0. The fourth-order valence-corrected chi connectivity index (χ4v) is 1.21. The van der Waals surface area contributed by atoms with Crippen LogP contribution in [-0.2, 0) is 39.3 Å². The van der Waals surface area contributed by atoms with Crippen LogP contribution >= 0.6 is 0 Å². The second kappa shape index (κ2) is 6.77. The molecule has 0 N–H and O–H groups in total. The average molecular weight is 295 g/mol. The summed E-state index contributed by atoms with van der Waals surface area (Å²) in [5.41, 5.74) is -0.865. The molecule has 0 unspecified atom stereocenters. The van der Waals surface area contributed by atoms with Gasteiger partial charge in [-0.15, -0.1) is 0 Å². The van der Waals surface area contributed by atoms with E-state index in [1.807, 2.05) is 19.9 Å². The Balaban J connectivity index is 0.00000225. The van der Waals surface area contributed by atoms with Gasteiger partial charge in [0, 0.05) is 45.3 Å². The molecule has 16 heavy (non-hydrogen) atoms. The molecule has 0 aromatic carbocycles. The van der Waals surface area contributed by atoms with Crippen LogP contribution in [0, 0.1) is 17.4 Å². The zero-order chi connectivity index (χ0) is 11.4. The molecule has 0 saturated heterocycles. The molecule has 83 valence electrons. The first-order chi connectivity index (χ1) is 7.07. The fraction of sp³-hybridized carbons (Fsp3) is 0.500. The normalized spacial score (nSPS) is 9.62. The van der Waals surface area contributed by atoms with Gasteiger partial charge < -0.3 is 15.4 Å². The van der Waals surface area contributed by atoms with Gasteiger partial charge >= 0.3 is 5.69 Å². The molecule has 1 aromatic heterocycles. The zero-order valence-electron chi connectivity index (χ0n) is 9.30. The van der Waals surface area contributed by atoms with Crippen LogP contribution < -0.4 is 11.2 Å². The van der Waals surface area contributed by atoms with Gasteiger partial charge in [0.25, 0.3) is 0 Å². The van der Waals surface area contributed by atoms with Crippen LogP contribution in [0.1, 0.15) is 26.3 Å². The summed E-state index contributed by atoms with van der Waals surface area (Å²) in [5, 5.41) is 8.40.